The summed E-state index contributed by atoms with van der Waals surface area (Å²) in [5, 5.41) is 9.98. The Bertz CT molecular complexity index is 288. The van der Waals surface area contributed by atoms with Crippen LogP contribution in [0.25, 0.3) is 0 Å². The molecule has 0 aliphatic heterocycles. The molecule has 72 valence electrons. The number of halogens is 2. The molecule has 3 heteroatoms. The maximum atomic E-state index is 13.1. The van der Waals surface area contributed by atoms with Crippen molar-refractivity contribution < 1.29 is 9.50 Å². The monoisotopic (exact) mass is 202 g/mol. The topological polar surface area (TPSA) is 20.2 Å². The van der Waals surface area contributed by atoms with Gasteiger partial charge >= 0.3 is 0 Å². The molecule has 0 unspecified atom stereocenters. The molecule has 0 fully saturated rings. The molecule has 1 atom stereocenters. The fourth-order valence-electron chi connectivity index (χ4n) is 1.20. The third kappa shape index (κ3) is 2.68. The van der Waals surface area contributed by atoms with Crippen molar-refractivity contribution in [3.05, 3.63) is 34.6 Å². The van der Waals surface area contributed by atoms with Crippen LogP contribution in [0, 0.1) is 5.82 Å². The summed E-state index contributed by atoms with van der Waals surface area (Å²) in [6.45, 7) is 1.94. The summed E-state index contributed by atoms with van der Waals surface area (Å²) < 4.78 is 13.1. The summed E-state index contributed by atoms with van der Waals surface area (Å²) in [5.41, 5.74) is 0.286. The maximum absolute atomic E-state index is 13.1. The van der Waals surface area contributed by atoms with Gasteiger partial charge in [-0.3, -0.25) is 0 Å². The van der Waals surface area contributed by atoms with Gasteiger partial charge in [-0.1, -0.05) is 24.9 Å². The van der Waals surface area contributed by atoms with Crippen LogP contribution in [0.4, 0.5) is 4.39 Å². The lowest BCUT2D eigenvalue weighted by atomic mass is 10.1. The van der Waals surface area contributed by atoms with Crippen molar-refractivity contribution in [2.75, 3.05) is 0 Å². The van der Waals surface area contributed by atoms with E-state index >= 15 is 0 Å². The molecule has 1 rings (SSSR count). The van der Waals surface area contributed by atoms with Crippen molar-refractivity contribution in [1.82, 2.24) is 0 Å². The minimum atomic E-state index is -0.747. The zero-order valence-electron chi connectivity index (χ0n) is 7.43. The highest BCUT2D eigenvalue weighted by atomic mass is 35.5. The molecule has 0 spiro atoms. The van der Waals surface area contributed by atoms with Crippen molar-refractivity contribution in [3.63, 3.8) is 0 Å². The Balaban J connectivity index is 2.91. The average molecular weight is 203 g/mol. The molecule has 0 saturated carbocycles. The number of hydrogen-bond acceptors (Lipinski definition) is 1. The van der Waals surface area contributed by atoms with E-state index in [1.165, 1.54) is 18.2 Å². The van der Waals surface area contributed by atoms with Gasteiger partial charge in [0.05, 0.1) is 6.10 Å². The molecule has 0 aromatic heterocycles. The van der Waals surface area contributed by atoms with E-state index in [0.29, 0.717) is 11.4 Å². The van der Waals surface area contributed by atoms with Crippen LogP contribution < -0.4 is 0 Å². The van der Waals surface area contributed by atoms with E-state index in [9.17, 15) is 9.50 Å². The predicted octanol–water partition coefficient (Wildman–Crippen LogP) is 3.31. The Morgan fingerprint density at radius 3 is 2.85 bits per heavy atom. The molecule has 0 aliphatic rings. The van der Waals surface area contributed by atoms with Gasteiger partial charge in [-0.15, -0.1) is 0 Å². The van der Waals surface area contributed by atoms with Gasteiger partial charge in [-0.05, 0) is 24.6 Å². The normalized spacial score (nSPS) is 12.9. The van der Waals surface area contributed by atoms with Crippen molar-refractivity contribution in [2.45, 2.75) is 25.9 Å². The first kappa shape index (κ1) is 10.5. The van der Waals surface area contributed by atoms with Gasteiger partial charge in [-0.2, -0.15) is 0 Å². The van der Waals surface area contributed by atoms with Crippen LogP contribution in [-0.2, 0) is 0 Å². The summed E-state index contributed by atoms with van der Waals surface area (Å²) in [5.74, 6) is -0.398. The van der Waals surface area contributed by atoms with Crippen molar-refractivity contribution in [1.29, 1.82) is 0 Å². The van der Waals surface area contributed by atoms with Gasteiger partial charge in [0, 0.05) is 10.6 Å². The molecule has 13 heavy (non-hydrogen) atoms. The van der Waals surface area contributed by atoms with Gasteiger partial charge in [-0.25, -0.2) is 4.39 Å². The third-order valence-corrected chi connectivity index (χ3v) is 2.11. The molecule has 1 N–H and O–H groups in total. The van der Waals surface area contributed by atoms with Crippen LogP contribution in [0.2, 0.25) is 5.02 Å². The molecule has 0 amide bonds. The molecule has 0 saturated heterocycles. The largest absolute Gasteiger partial charge is 0.388 e. The van der Waals surface area contributed by atoms with Gasteiger partial charge in [0.1, 0.15) is 5.82 Å². The lowest BCUT2D eigenvalue weighted by molar-refractivity contribution is 0.162. The Morgan fingerprint density at radius 2 is 2.23 bits per heavy atom. The molecule has 0 heterocycles. The Kier molecular flexibility index (Phi) is 3.70. The van der Waals surface area contributed by atoms with E-state index in [-0.39, 0.29) is 5.56 Å². The SMILES string of the molecule is CCC[C@@H](O)c1cc(Cl)ccc1F. The second kappa shape index (κ2) is 4.58. The minimum absolute atomic E-state index is 0.286. The molecule has 1 aromatic rings. The summed E-state index contributed by atoms with van der Waals surface area (Å²) in [4.78, 5) is 0. The third-order valence-electron chi connectivity index (χ3n) is 1.88. The number of aliphatic hydroxyl groups is 1. The van der Waals surface area contributed by atoms with E-state index in [1.807, 2.05) is 6.92 Å². The summed E-state index contributed by atoms with van der Waals surface area (Å²) in [6.07, 6.45) is 0.619. The standard InChI is InChI=1S/C10H12ClFO/c1-2-3-10(13)8-6-7(11)4-5-9(8)12/h4-6,10,13H,2-3H2,1H3/t10-/m1/s1. The van der Waals surface area contributed by atoms with Gasteiger partial charge in [0.2, 0.25) is 0 Å². The first-order valence-electron chi connectivity index (χ1n) is 4.28. The summed E-state index contributed by atoms with van der Waals surface area (Å²) >= 11 is 5.68. The van der Waals surface area contributed by atoms with Crippen molar-refractivity contribution in [3.8, 4) is 0 Å². The van der Waals surface area contributed by atoms with Gasteiger partial charge in [0.15, 0.2) is 0 Å². The van der Waals surface area contributed by atoms with Gasteiger partial charge < -0.3 is 5.11 Å². The van der Waals surface area contributed by atoms with E-state index in [4.69, 9.17) is 11.6 Å². The molecule has 0 bridgehead atoms. The lowest BCUT2D eigenvalue weighted by Gasteiger charge is -2.10. The molecule has 0 radical (unpaired) electrons. The highest BCUT2D eigenvalue weighted by molar-refractivity contribution is 6.30. The molecule has 1 nitrogen and oxygen atoms in total. The summed E-state index contributed by atoms with van der Waals surface area (Å²) in [6, 6.07) is 4.22. The number of hydrogen-bond donors (Lipinski definition) is 1. The number of benzene rings is 1. The zero-order chi connectivity index (χ0) is 9.84. The molecule has 0 aliphatic carbocycles. The predicted molar refractivity (Wildman–Crippen MR) is 51.3 cm³/mol. The average Bonchev–Trinajstić information content (AvgIpc) is 2.09. The maximum Gasteiger partial charge on any atom is 0.129 e. The molecular formula is C10H12ClFO. The zero-order valence-corrected chi connectivity index (χ0v) is 8.18. The fraction of sp³-hybridized carbons (Fsp3) is 0.400. The lowest BCUT2D eigenvalue weighted by Crippen LogP contribution is -1.99. The van der Waals surface area contributed by atoms with Crippen LogP contribution >= 0.6 is 11.6 Å². The van der Waals surface area contributed by atoms with Gasteiger partial charge in [0.25, 0.3) is 0 Å². The Labute approximate surface area is 82.2 Å². The van der Waals surface area contributed by atoms with Crippen LogP contribution in [0.15, 0.2) is 18.2 Å². The van der Waals surface area contributed by atoms with E-state index < -0.39 is 11.9 Å². The first-order valence-corrected chi connectivity index (χ1v) is 4.66. The van der Waals surface area contributed by atoms with Crippen LogP contribution in [0.1, 0.15) is 31.4 Å². The van der Waals surface area contributed by atoms with E-state index in [2.05, 4.69) is 0 Å². The first-order chi connectivity index (χ1) is 6.15. The van der Waals surface area contributed by atoms with Crippen molar-refractivity contribution in [2.24, 2.45) is 0 Å². The number of aliphatic hydroxyl groups excluding tert-OH is 1. The summed E-state index contributed by atoms with van der Waals surface area (Å²) in [7, 11) is 0. The Hall–Kier alpha value is -0.600. The smallest absolute Gasteiger partial charge is 0.129 e. The molecule has 1 aromatic carbocycles. The molecular weight excluding hydrogens is 191 g/mol. The van der Waals surface area contributed by atoms with E-state index in [0.717, 1.165) is 6.42 Å². The second-order valence-corrected chi connectivity index (χ2v) is 3.41. The quantitative estimate of drug-likeness (QED) is 0.798. The van der Waals surface area contributed by atoms with E-state index in [1.54, 1.807) is 0 Å². The fourth-order valence-corrected chi connectivity index (χ4v) is 1.38. The minimum Gasteiger partial charge on any atom is -0.388 e. The van der Waals surface area contributed by atoms with Crippen LogP contribution in [0.3, 0.4) is 0 Å². The van der Waals surface area contributed by atoms with Crippen LogP contribution in [-0.4, -0.2) is 5.11 Å². The Morgan fingerprint density at radius 1 is 1.54 bits per heavy atom. The highest BCUT2D eigenvalue weighted by Crippen LogP contribution is 2.24. The number of rotatable bonds is 3. The highest BCUT2D eigenvalue weighted by Gasteiger charge is 2.11. The second-order valence-electron chi connectivity index (χ2n) is 2.97. The van der Waals surface area contributed by atoms with Crippen molar-refractivity contribution >= 4 is 11.6 Å². The van der Waals surface area contributed by atoms with Crippen LogP contribution in [0.5, 0.6) is 0 Å².